The van der Waals surface area contributed by atoms with Crippen LogP contribution in [-0.4, -0.2) is 22.1 Å². The average Bonchev–Trinajstić information content (AvgIpc) is 2.44. The molecule has 4 heteroatoms. The summed E-state index contributed by atoms with van der Waals surface area (Å²) in [6.07, 6.45) is 1.75. The van der Waals surface area contributed by atoms with Crippen LogP contribution in [0, 0.1) is 12.3 Å². The van der Waals surface area contributed by atoms with Gasteiger partial charge in [-0.05, 0) is 6.92 Å². The number of aromatic nitrogens is 2. The van der Waals surface area contributed by atoms with E-state index in [2.05, 4.69) is 5.10 Å². The van der Waals surface area contributed by atoms with Crippen molar-refractivity contribution in [2.75, 3.05) is 6.54 Å². The third kappa shape index (κ3) is 1.85. The molecule has 0 aliphatic carbocycles. The molecule has 1 aromatic rings. The third-order valence-electron chi connectivity index (χ3n) is 2.38. The van der Waals surface area contributed by atoms with E-state index in [4.69, 9.17) is 5.73 Å². The molecular weight excluding hydrogens is 178 g/mol. The molecule has 0 amide bonds. The third-order valence-corrected chi connectivity index (χ3v) is 2.38. The minimum atomic E-state index is -0.506. The molecule has 78 valence electrons. The van der Waals surface area contributed by atoms with Crippen LogP contribution in [0.25, 0.3) is 0 Å². The minimum absolute atomic E-state index is 0.0607. The van der Waals surface area contributed by atoms with Crippen LogP contribution in [0.1, 0.15) is 29.9 Å². The SMILES string of the molecule is Cc1nn(C)cc1C(=O)C(C)(C)CN. The number of carbonyl (C=O) groups is 1. The fourth-order valence-corrected chi connectivity index (χ4v) is 1.28. The Balaban J connectivity index is 3.06. The fourth-order valence-electron chi connectivity index (χ4n) is 1.28. The second-order valence-corrected chi connectivity index (χ2v) is 4.22. The zero-order valence-electron chi connectivity index (χ0n) is 9.16. The number of carbonyl (C=O) groups excluding carboxylic acids is 1. The number of Topliss-reactive ketones (excluding diaryl/α,β-unsaturated/α-hetero) is 1. The Morgan fingerprint density at radius 2 is 2.21 bits per heavy atom. The van der Waals surface area contributed by atoms with Gasteiger partial charge in [-0.2, -0.15) is 5.10 Å². The predicted molar refractivity (Wildman–Crippen MR) is 55.1 cm³/mol. The lowest BCUT2D eigenvalue weighted by molar-refractivity contribution is 0.0847. The highest BCUT2D eigenvalue weighted by molar-refractivity contribution is 6.00. The van der Waals surface area contributed by atoms with Crippen LogP contribution in [0.3, 0.4) is 0 Å². The largest absolute Gasteiger partial charge is 0.329 e. The van der Waals surface area contributed by atoms with E-state index in [0.29, 0.717) is 12.1 Å². The van der Waals surface area contributed by atoms with Gasteiger partial charge in [-0.25, -0.2) is 0 Å². The van der Waals surface area contributed by atoms with Gasteiger partial charge in [0.15, 0.2) is 5.78 Å². The predicted octanol–water partition coefficient (Wildman–Crippen LogP) is 0.896. The van der Waals surface area contributed by atoms with E-state index in [1.54, 1.807) is 17.9 Å². The standard InChI is InChI=1S/C10H17N3O/c1-7-8(5-13(4)12-7)9(14)10(2,3)6-11/h5H,6,11H2,1-4H3. The summed E-state index contributed by atoms with van der Waals surface area (Å²) < 4.78 is 1.65. The Morgan fingerprint density at radius 1 is 1.64 bits per heavy atom. The normalized spacial score (nSPS) is 11.8. The molecule has 0 saturated carbocycles. The van der Waals surface area contributed by atoms with Crippen LogP contribution in [0.15, 0.2) is 6.20 Å². The van der Waals surface area contributed by atoms with Gasteiger partial charge in [0.05, 0.1) is 11.3 Å². The smallest absolute Gasteiger partial charge is 0.173 e. The molecule has 0 saturated heterocycles. The highest BCUT2D eigenvalue weighted by Crippen LogP contribution is 2.21. The zero-order chi connectivity index (χ0) is 10.9. The number of hydrogen-bond donors (Lipinski definition) is 1. The molecule has 2 N–H and O–H groups in total. The van der Waals surface area contributed by atoms with Crippen LogP contribution >= 0.6 is 0 Å². The van der Waals surface area contributed by atoms with Crippen molar-refractivity contribution < 1.29 is 4.79 Å². The summed E-state index contributed by atoms with van der Waals surface area (Å²) in [4.78, 5) is 12.0. The topological polar surface area (TPSA) is 60.9 Å². The molecule has 1 aromatic heterocycles. The monoisotopic (exact) mass is 195 g/mol. The number of aryl methyl sites for hydroxylation is 2. The maximum absolute atomic E-state index is 12.0. The number of hydrogen-bond acceptors (Lipinski definition) is 3. The number of nitrogens with two attached hydrogens (primary N) is 1. The van der Waals surface area contributed by atoms with Gasteiger partial charge in [-0.1, -0.05) is 13.8 Å². The fraction of sp³-hybridized carbons (Fsp3) is 0.600. The van der Waals surface area contributed by atoms with Crippen molar-refractivity contribution in [2.45, 2.75) is 20.8 Å². The van der Waals surface area contributed by atoms with Gasteiger partial charge in [0.25, 0.3) is 0 Å². The summed E-state index contributed by atoms with van der Waals surface area (Å²) in [6, 6.07) is 0. The second-order valence-electron chi connectivity index (χ2n) is 4.22. The van der Waals surface area contributed by atoms with Gasteiger partial charge in [-0.3, -0.25) is 9.48 Å². The summed E-state index contributed by atoms with van der Waals surface area (Å²) >= 11 is 0. The van der Waals surface area contributed by atoms with Gasteiger partial charge >= 0.3 is 0 Å². The van der Waals surface area contributed by atoms with E-state index in [9.17, 15) is 4.79 Å². The van der Waals surface area contributed by atoms with Gasteiger partial charge in [0.2, 0.25) is 0 Å². The van der Waals surface area contributed by atoms with E-state index >= 15 is 0 Å². The van der Waals surface area contributed by atoms with Crippen molar-refractivity contribution in [1.29, 1.82) is 0 Å². The molecule has 1 heterocycles. The number of rotatable bonds is 3. The minimum Gasteiger partial charge on any atom is -0.329 e. The average molecular weight is 195 g/mol. The highest BCUT2D eigenvalue weighted by Gasteiger charge is 2.29. The highest BCUT2D eigenvalue weighted by atomic mass is 16.1. The van der Waals surface area contributed by atoms with Crippen LogP contribution < -0.4 is 5.73 Å². The Bertz CT molecular complexity index is 352. The first kappa shape index (κ1) is 10.9. The molecule has 0 radical (unpaired) electrons. The van der Waals surface area contributed by atoms with Crippen molar-refractivity contribution in [3.63, 3.8) is 0 Å². The summed E-state index contributed by atoms with van der Waals surface area (Å²) in [5.41, 5.74) is 6.48. The van der Waals surface area contributed by atoms with Gasteiger partial charge in [-0.15, -0.1) is 0 Å². The summed E-state index contributed by atoms with van der Waals surface area (Å²) in [5, 5.41) is 4.13. The van der Waals surface area contributed by atoms with Gasteiger partial charge in [0, 0.05) is 25.2 Å². The van der Waals surface area contributed by atoms with Crippen LogP contribution in [0.5, 0.6) is 0 Å². The van der Waals surface area contributed by atoms with Gasteiger partial charge in [0.1, 0.15) is 0 Å². The van der Waals surface area contributed by atoms with Gasteiger partial charge < -0.3 is 5.73 Å². The quantitative estimate of drug-likeness (QED) is 0.729. The Kier molecular flexibility index (Phi) is 2.76. The summed E-state index contributed by atoms with van der Waals surface area (Å²) in [6.45, 7) is 5.88. The van der Waals surface area contributed by atoms with Crippen molar-refractivity contribution in [2.24, 2.45) is 18.2 Å². The summed E-state index contributed by atoms with van der Waals surface area (Å²) in [5.74, 6) is 0.0607. The molecule has 14 heavy (non-hydrogen) atoms. The van der Waals surface area contributed by atoms with Crippen molar-refractivity contribution in [3.05, 3.63) is 17.5 Å². The summed E-state index contributed by atoms with van der Waals surface area (Å²) in [7, 11) is 1.80. The molecular formula is C10H17N3O. The Morgan fingerprint density at radius 3 is 2.57 bits per heavy atom. The van der Waals surface area contributed by atoms with Crippen LogP contribution in [-0.2, 0) is 7.05 Å². The first-order chi connectivity index (χ1) is 6.38. The molecule has 0 spiro atoms. The lowest BCUT2D eigenvalue weighted by Gasteiger charge is -2.19. The maximum Gasteiger partial charge on any atom is 0.173 e. The van der Waals surface area contributed by atoms with Crippen LogP contribution in [0.2, 0.25) is 0 Å². The van der Waals surface area contributed by atoms with E-state index in [1.807, 2.05) is 20.8 Å². The first-order valence-electron chi connectivity index (χ1n) is 4.63. The molecule has 0 aliphatic heterocycles. The molecule has 0 bridgehead atoms. The Labute approximate surface area is 84.1 Å². The Hall–Kier alpha value is -1.16. The van der Waals surface area contributed by atoms with E-state index in [-0.39, 0.29) is 5.78 Å². The van der Waals surface area contributed by atoms with Crippen LogP contribution in [0.4, 0.5) is 0 Å². The van der Waals surface area contributed by atoms with E-state index < -0.39 is 5.41 Å². The molecule has 0 fully saturated rings. The van der Waals surface area contributed by atoms with E-state index in [0.717, 1.165) is 5.69 Å². The lowest BCUT2D eigenvalue weighted by atomic mass is 9.85. The number of nitrogens with zero attached hydrogens (tertiary/aromatic N) is 2. The second kappa shape index (κ2) is 3.53. The zero-order valence-corrected chi connectivity index (χ0v) is 9.16. The molecule has 0 aliphatic rings. The van der Waals surface area contributed by atoms with E-state index in [1.165, 1.54) is 0 Å². The lowest BCUT2D eigenvalue weighted by Crippen LogP contribution is -2.32. The number of ketones is 1. The first-order valence-corrected chi connectivity index (χ1v) is 4.63. The molecule has 1 rings (SSSR count). The molecule has 0 atom stereocenters. The van der Waals surface area contributed by atoms with Crippen molar-refractivity contribution >= 4 is 5.78 Å². The molecule has 0 unspecified atom stereocenters. The molecule has 0 aromatic carbocycles. The van der Waals surface area contributed by atoms with Crippen molar-refractivity contribution in [3.8, 4) is 0 Å². The molecule has 4 nitrogen and oxygen atoms in total. The maximum atomic E-state index is 12.0. The van der Waals surface area contributed by atoms with Crippen molar-refractivity contribution in [1.82, 2.24) is 9.78 Å².